The molecule has 1 atom stereocenters. The van der Waals surface area contributed by atoms with Gasteiger partial charge in [0.05, 0.1) is 12.1 Å². The largest absolute Gasteiger partial charge is 0.367 e. The smallest absolute Gasteiger partial charge is 0.163 e. The summed E-state index contributed by atoms with van der Waals surface area (Å²) in [6.07, 6.45) is 0.0673. The molecule has 0 bridgehead atoms. The number of fused-ring (bicyclic) bond motifs is 1. The van der Waals surface area contributed by atoms with Crippen LogP contribution in [-0.2, 0) is 9.47 Å². The second-order valence-corrected chi connectivity index (χ2v) is 5.68. The van der Waals surface area contributed by atoms with Crippen molar-refractivity contribution in [2.75, 3.05) is 18.5 Å². The molecule has 1 aliphatic heterocycles. The molecule has 0 spiro atoms. The van der Waals surface area contributed by atoms with Gasteiger partial charge in [-0.2, -0.15) is 0 Å². The molecule has 0 aliphatic carbocycles. The van der Waals surface area contributed by atoms with E-state index in [0.29, 0.717) is 13.2 Å². The quantitative estimate of drug-likeness (QED) is 0.932. The maximum Gasteiger partial charge on any atom is 0.163 e. The Morgan fingerprint density at radius 2 is 2.15 bits per heavy atom. The average molecular weight is 272 g/mol. The van der Waals surface area contributed by atoms with Crippen LogP contribution < -0.4 is 5.32 Å². The van der Waals surface area contributed by atoms with Crippen LogP contribution in [0.3, 0.4) is 0 Å². The topological polar surface area (TPSA) is 43.4 Å². The van der Waals surface area contributed by atoms with Crippen LogP contribution in [0.4, 0.5) is 5.82 Å². The number of hydrogen-bond donors (Lipinski definition) is 1. The van der Waals surface area contributed by atoms with E-state index in [4.69, 9.17) is 9.47 Å². The molecule has 1 aliphatic rings. The zero-order valence-corrected chi connectivity index (χ0v) is 12.1. The second kappa shape index (κ2) is 5.04. The Morgan fingerprint density at radius 3 is 2.90 bits per heavy atom. The van der Waals surface area contributed by atoms with E-state index in [2.05, 4.69) is 29.4 Å². The fourth-order valence-electron chi connectivity index (χ4n) is 2.47. The first kappa shape index (κ1) is 13.3. The molecule has 1 aromatic heterocycles. The molecular weight excluding hydrogens is 252 g/mol. The molecular formula is C16H20N2O2. The van der Waals surface area contributed by atoms with Crippen molar-refractivity contribution in [1.29, 1.82) is 0 Å². The van der Waals surface area contributed by atoms with Crippen molar-refractivity contribution >= 4 is 16.7 Å². The summed E-state index contributed by atoms with van der Waals surface area (Å²) in [6, 6.07) is 10.3. The molecule has 3 rings (SSSR count). The van der Waals surface area contributed by atoms with Crippen LogP contribution in [0.5, 0.6) is 0 Å². The molecule has 0 radical (unpaired) electrons. The molecule has 0 saturated carbocycles. The Kier molecular flexibility index (Phi) is 3.36. The molecule has 1 fully saturated rings. The number of aromatic nitrogens is 1. The number of aryl methyl sites for hydroxylation is 1. The number of hydrogen-bond acceptors (Lipinski definition) is 4. The van der Waals surface area contributed by atoms with Gasteiger partial charge in [-0.15, -0.1) is 0 Å². The zero-order valence-electron chi connectivity index (χ0n) is 12.1. The van der Waals surface area contributed by atoms with Gasteiger partial charge in [0.15, 0.2) is 5.79 Å². The maximum atomic E-state index is 5.79. The molecule has 2 heterocycles. The van der Waals surface area contributed by atoms with E-state index < -0.39 is 5.79 Å². The Balaban J connectivity index is 1.73. The normalized spacial score (nSPS) is 21.2. The first-order chi connectivity index (χ1) is 9.53. The third kappa shape index (κ3) is 2.76. The van der Waals surface area contributed by atoms with E-state index in [-0.39, 0.29) is 6.10 Å². The Bertz CT molecular complexity index is 625. The molecule has 1 N–H and O–H groups in total. The number of para-hydroxylation sites is 1. The van der Waals surface area contributed by atoms with Crippen LogP contribution in [-0.4, -0.2) is 30.0 Å². The van der Waals surface area contributed by atoms with Gasteiger partial charge >= 0.3 is 0 Å². The highest BCUT2D eigenvalue weighted by molar-refractivity contribution is 5.81. The summed E-state index contributed by atoms with van der Waals surface area (Å²) in [6.45, 7) is 7.26. The molecule has 1 unspecified atom stereocenters. The molecule has 20 heavy (non-hydrogen) atoms. The van der Waals surface area contributed by atoms with Gasteiger partial charge < -0.3 is 14.8 Å². The van der Waals surface area contributed by atoms with Crippen molar-refractivity contribution in [3.63, 3.8) is 0 Å². The average Bonchev–Trinajstić information content (AvgIpc) is 2.76. The van der Waals surface area contributed by atoms with Crippen LogP contribution in [0, 0.1) is 6.92 Å². The number of anilines is 1. The molecule has 2 aromatic rings. The summed E-state index contributed by atoms with van der Waals surface area (Å²) in [7, 11) is 0. The van der Waals surface area contributed by atoms with E-state index in [1.807, 2.05) is 32.0 Å². The van der Waals surface area contributed by atoms with Gasteiger partial charge in [0.2, 0.25) is 0 Å². The van der Waals surface area contributed by atoms with Gasteiger partial charge in [0.1, 0.15) is 11.9 Å². The zero-order chi connectivity index (χ0) is 14.2. The minimum Gasteiger partial charge on any atom is -0.367 e. The molecule has 4 nitrogen and oxygen atoms in total. The van der Waals surface area contributed by atoms with Crippen molar-refractivity contribution in [1.82, 2.24) is 4.98 Å². The number of pyridine rings is 1. The Labute approximate surface area is 119 Å². The molecule has 4 heteroatoms. The fourth-order valence-corrected chi connectivity index (χ4v) is 2.47. The summed E-state index contributed by atoms with van der Waals surface area (Å²) in [5.41, 5.74) is 2.14. The van der Waals surface area contributed by atoms with Gasteiger partial charge in [0, 0.05) is 11.9 Å². The SMILES string of the molecule is Cc1cc2ccccc2nc1NCC1COC(C)(C)O1. The number of ether oxygens (including phenoxy) is 2. The van der Waals surface area contributed by atoms with Crippen LogP contribution in [0.1, 0.15) is 19.4 Å². The van der Waals surface area contributed by atoms with Crippen molar-refractivity contribution in [2.45, 2.75) is 32.7 Å². The van der Waals surface area contributed by atoms with Gasteiger partial charge in [-0.05, 0) is 38.5 Å². The monoisotopic (exact) mass is 272 g/mol. The van der Waals surface area contributed by atoms with Crippen LogP contribution >= 0.6 is 0 Å². The van der Waals surface area contributed by atoms with E-state index in [0.717, 1.165) is 22.3 Å². The van der Waals surface area contributed by atoms with Crippen LogP contribution in [0.25, 0.3) is 10.9 Å². The highest BCUT2D eigenvalue weighted by atomic mass is 16.7. The summed E-state index contributed by atoms with van der Waals surface area (Å²) < 4.78 is 11.3. The van der Waals surface area contributed by atoms with Crippen LogP contribution in [0.2, 0.25) is 0 Å². The Morgan fingerprint density at radius 1 is 1.35 bits per heavy atom. The number of rotatable bonds is 3. The summed E-state index contributed by atoms with van der Waals surface area (Å²) >= 11 is 0. The summed E-state index contributed by atoms with van der Waals surface area (Å²) in [4.78, 5) is 4.66. The van der Waals surface area contributed by atoms with Crippen molar-refractivity contribution in [3.8, 4) is 0 Å². The van der Waals surface area contributed by atoms with Crippen molar-refractivity contribution < 1.29 is 9.47 Å². The third-order valence-corrected chi connectivity index (χ3v) is 3.48. The lowest BCUT2D eigenvalue weighted by Crippen LogP contribution is -2.26. The van der Waals surface area contributed by atoms with Crippen molar-refractivity contribution in [3.05, 3.63) is 35.9 Å². The predicted octanol–water partition coefficient (Wildman–Crippen LogP) is 3.11. The maximum absolute atomic E-state index is 5.79. The second-order valence-electron chi connectivity index (χ2n) is 5.68. The summed E-state index contributed by atoms with van der Waals surface area (Å²) in [5.74, 6) is 0.440. The van der Waals surface area contributed by atoms with E-state index in [9.17, 15) is 0 Å². The van der Waals surface area contributed by atoms with Gasteiger partial charge in [-0.25, -0.2) is 4.98 Å². The minimum atomic E-state index is -0.474. The first-order valence-corrected chi connectivity index (χ1v) is 6.95. The van der Waals surface area contributed by atoms with E-state index in [1.54, 1.807) is 0 Å². The fraction of sp³-hybridized carbons (Fsp3) is 0.438. The number of nitrogens with one attached hydrogen (secondary N) is 1. The van der Waals surface area contributed by atoms with Gasteiger partial charge in [-0.3, -0.25) is 0 Å². The number of nitrogens with zero attached hydrogens (tertiary/aromatic N) is 1. The molecule has 1 aromatic carbocycles. The van der Waals surface area contributed by atoms with Crippen LogP contribution in [0.15, 0.2) is 30.3 Å². The predicted molar refractivity (Wildman–Crippen MR) is 79.9 cm³/mol. The molecule has 0 amide bonds. The third-order valence-electron chi connectivity index (χ3n) is 3.48. The first-order valence-electron chi connectivity index (χ1n) is 6.95. The van der Waals surface area contributed by atoms with Crippen molar-refractivity contribution in [2.24, 2.45) is 0 Å². The van der Waals surface area contributed by atoms with Gasteiger partial charge in [-0.1, -0.05) is 18.2 Å². The summed E-state index contributed by atoms with van der Waals surface area (Å²) in [5, 5.41) is 4.53. The van der Waals surface area contributed by atoms with E-state index >= 15 is 0 Å². The highest BCUT2D eigenvalue weighted by Crippen LogP contribution is 2.23. The number of benzene rings is 1. The highest BCUT2D eigenvalue weighted by Gasteiger charge is 2.32. The minimum absolute atomic E-state index is 0.0673. The lowest BCUT2D eigenvalue weighted by molar-refractivity contribution is -0.136. The molecule has 106 valence electrons. The lowest BCUT2D eigenvalue weighted by atomic mass is 10.1. The van der Waals surface area contributed by atoms with Gasteiger partial charge in [0.25, 0.3) is 0 Å². The Hall–Kier alpha value is -1.65. The standard InChI is InChI=1S/C16H20N2O2/c1-11-8-12-6-4-5-7-14(12)18-15(11)17-9-13-10-19-16(2,3)20-13/h4-8,13H,9-10H2,1-3H3,(H,17,18). The lowest BCUT2D eigenvalue weighted by Gasteiger charge is -2.18. The van der Waals surface area contributed by atoms with E-state index in [1.165, 1.54) is 0 Å². The molecule has 1 saturated heterocycles.